The van der Waals surface area contributed by atoms with Gasteiger partial charge in [-0.25, -0.2) is 4.79 Å². The molecular formula is C37H38O18. The van der Waals surface area contributed by atoms with E-state index < -0.39 is 108 Å². The molecule has 294 valence electrons. The molecule has 18 heteroatoms. The van der Waals surface area contributed by atoms with Crippen molar-refractivity contribution in [2.45, 2.75) is 61.2 Å². The first kappa shape index (κ1) is 39.4. The van der Waals surface area contributed by atoms with Crippen molar-refractivity contribution < 1.29 is 84.0 Å². The van der Waals surface area contributed by atoms with Crippen LogP contribution in [-0.2, 0) is 19.0 Å². The zero-order valence-electron chi connectivity index (χ0n) is 28.8. The van der Waals surface area contributed by atoms with Crippen LogP contribution in [0.2, 0.25) is 0 Å². The first-order valence-electron chi connectivity index (χ1n) is 16.7. The number of phenolic OH excluding ortho intramolecular Hbond substituents is 3. The summed E-state index contributed by atoms with van der Waals surface area (Å²) >= 11 is 0. The summed E-state index contributed by atoms with van der Waals surface area (Å²) in [6, 6.07) is 12.0. The Morgan fingerprint density at radius 1 is 0.800 bits per heavy atom. The van der Waals surface area contributed by atoms with Crippen LogP contribution in [0.1, 0.15) is 17.2 Å². The van der Waals surface area contributed by atoms with Gasteiger partial charge in [0.15, 0.2) is 23.0 Å². The molecule has 1 aromatic heterocycles. The summed E-state index contributed by atoms with van der Waals surface area (Å²) in [4.78, 5) is 26.4. The van der Waals surface area contributed by atoms with Crippen LogP contribution in [0.25, 0.3) is 28.4 Å². The molecule has 18 nitrogen and oxygen atoms in total. The van der Waals surface area contributed by atoms with E-state index in [4.69, 9.17) is 28.1 Å². The van der Waals surface area contributed by atoms with E-state index in [1.165, 1.54) is 55.7 Å². The van der Waals surface area contributed by atoms with E-state index in [-0.39, 0.29) is 28.6 Å². The van der Waals surface area contributed by atoms with Crippen LogP contribution in [0.5, 0.6) is 28.7 Å². The number of hydrogen-bond donors (Lipinski definition) is 10. The number of ether oxygens (including phenoxy) is 5. The molecule has 0 radical (unpaired) electrons. The van der Waals surface area contributed by atoms with Gasteiger partial charge in [-0.2, -0.15) is 0 Å². The maximum absolute atomic E-state index is 13.5. The molecule has 10 atom stereocenters. The highest BCUT2D eigenvalue weighted by molar-refractivity contribution is 5.89. The van der Waals surface area contributed by atoms with Gasteiger partial charge in [0.05, 0.1) is 25.9 Å². The fraction of sp³-hybridized carbons (Fsp3) is 0.351. The Hall–Kier alpha value is -5.28. The fourth-order valence-electron chi connectivity index (χ4n) is 6.31. The molecule has 3 aromatic carbocycles. The van der Waals surface area contributed by atoms with E-state index >= 15 is 0 Å². The van der Waals surface area contributed by atoms with Gasteiger partial charge in [-0.3, -0.25) is 4.79 Å². The van der Waals surface area contributed by atoms with Crippen molar-refractivity contribution in [3.8, 4) is 40.1 Å². The zero-order chi connectivity index (χ0) is 39.7. The van der Waals surface area contributed by atoms with Gasteiger partial charge in [-0.05, 0) is 48.0 Å². The summed E-state index contributed by atoms with van der Waals surface area (Å²) in [6.45, 7) is -1.48. The summed E-state index contributed by atoms with van der Waals surface area (Å²) in [5, 5.41) is 103. The fourth-order valence-corrected chi connectivity index (χ4v) is 6.31. The second kappa shape index (κ2) is 16.2. The predicted octanol–water partition coefficient (Wildman–Crippen LogP) is -0.457. The lowest BCUT2D eigenvalue weighted by Crippen LogP contribution is -2.60. The second-order valence-electron chi connectivity index (χ2n) is 12.8. The minimum atomic E-state index is -1.91. The lowest BCUT2D eigenvalue weighted by atomic mass is 9.89. The topological polar surface area (TPSA) is 296 Å². The molecule has 10 N–H and O–H groups in total. The quantitative estimate of drug-likeness (QED) is 0.0721. The SMILES string of the molecule is COc1cc(C=CC(=O)OC2C(c3c(O)cc4oc(-c5ccc(OC6OC(CO)C(O)C(O)C6O)cc5)cc(=O)c4c3O)OC(CO)C(O)C2O)ccc1O. The van der Waals surface area contributed by atoms with Gasteiger partial charge in [-0.15, -0.1) is 0 Å². The molecule has 0 spiro atoms. The Bertz CT molecular complexity index is 2090. The number of carbonyl (C=O) groups is 1. The number of hydrogen-bond acceptors (Lipinski definition) is 18. The van der Waals surface area contributed by atoms with E-state index in [0.29, 0.717) is 11.1 Å². The van der Waals surface area contributed by atoms with Crippen molar-refractivity contribution in [3.05, 3.63) is 82.0 Å². The van der Waals surface area contributed by atoms with Crippen LogP contribution in [0.15, 0.2) is 69.9 Å². The van der Waals surface area contributed by atoms with Gasteiger partial charge in [0.1, 0.15) is 82.8 Å². The van der Waals surface area contributed by atoms with E-state index in [2.05, 4.69) is 0 Å². The molecule has 2 aliphatic heterocycles. The Morgan fingerprint density at radius 3 is 2.15 bits per heavy atom. The number of methoxy groups -OCH3 is 1. The van der Waals surface area contributed by atoms with Crippen molar-refractivity contribution in [3.63, 3.8) is 0 Å². The van der Waals surface area contributed by atoms with Gasteiger partial charge in [0, 0.05) is 23.8 Å². The first-order chi connectivity index (χ1) is 26.3. The van der Waals surface area contributed by atoms with Crippen LogP contribution in [0.3, 0.4) is 0 Å². The summed E-state index contributed by atoms with van der Waals surface area (Å²) in [5.41, 5.74) is -0.882. The monoisotopic (exact) mass is 770 g/mol. The third kappa shape index (κ3) is 7.81. The van der Waals surface area contributed by atoms with Gasteiger partial charge in [0.2, 0.25) is 6.29 Å². The van der Waals surface area contributed by atoms with Crippen LogP contribution >= 0.6 is 0 Å². The smallest absolute Gasteiger partial charge is 0.331 e. The van der Waals surface area contributed by atoms with Crippen LogP contribution in [-0.4, -0.2) is 132 Å². The molecule has 55 heavy (non-hydrogen) atoms. The normalized spacial score (nSPS) is 28.3. The Kier molecular flexibility index (Phi) is 11.6. The molecule has 0 amide bonds. The Balaban J connectivity index is 1.27. The highest BCUT2D eigenvalue weighted by atomic mass is 16.7. The summed E-state index contributed by atoms with van der Waals surface area (Å²) in [6.07, 6.45) is -13.9. The van der Waals surface area contributed by atoms with E-state index in [0.717, 1.165) is 18.2 Å². The van der Waals surface area contributed by atoms with Crippen molar-refractivity contribution in [2.24, 2.45) is 0 Å². The molecule has 0 saturated carbocycles. The van der Waals surface area contributed by atoms with Crippen LogP contribution in [0, 0.1) is 0 Å². The third-order valence-corrected chi connectivity index (χ3v) is 9.27. The molecule has 0 aliphatic carbocycles. The zero-order valence-corrected chi connectivity index (χ0v) is 28.8. The largest absolute Gasteiger partial charge is 0.507 e. The van der Waals surface area contributed by atoms with Gasteiger partial charge in [-0.1, -0.05) is 6.07 Å². The summed E-state index contributed by atoms with van der Waals surface area (Å²) in [7, 11) is 1.34. The minimum Gasteiger partial charge on any atom is -0.507 e. The Morgan fingerprint density at radius 2 is 1.47 bits per heavy atom. The van der Waals surface area contributed by atoms with Gasteiger partial charge >= 0.3 is 5.97 Å². The van der Waals surface area contributed by atoms with Crippen molar-refractivity contribution >= 4 is 23.0 Å². The number of aromatic hydroxyl groups is 3. The lowest BCUT2D eigenvalue weighted by molar-refractivity contribution is -0.277. The molecular weight excluding hydrogens is 732 g/mol. The number of aliphatic hydroxyl groups excluding tert-OH is 7. The highest BCUT2D eigenvalue weighted by Gasteiger charge is 2.49. The van der Waals surface area contributed by atoms with Crippen molar-refractivity contribution in [1.29, 1.82) is 0 Å². The summed E-state index contributed by atoms with van der Waals surface area (Å²) in [5.74, 6) is -2.57. The lowest BCUT2D eigenvalue weighted by Gasteiger charge is -2.42. The highest BCUT2D eigenvalue weighted by Crippen LogP contribution is 2.45. The summed E-state index contributed by atoms with van der Waals surface area (Å²) < 4.78 is 33.0. The third-order valence-electron chi connectivity index (χ3n) is 9.27. The molecule has 0 bridgehead atoms. The van der Waals surface area contributed by atoms with E-state index in [1.807, 2.05) is 0 Å². The average molecular weight is 771 g/mol. The average Bonchev–Trinajstić information content (AvgIpc) is 3.17. The second-order valence-corrected chi connectivity index (χ2v) is 12.8. The molecule has 4 aromatic rings. The molecule has 2 fully saturated rings. The van der Waals surface area contributed by atoms with Crippen molar-refractivity contribution in [1.82, 2.24) is 0 Å². The minimum absolute atomic E-state index is 0.0268. The maximum atomic E-state index is 13.5. The predicted molar refractivity (Wildman–Crippen MR) is 186 cm³/mol. The number of rotatable bonds is 10. The molecule has 2 aliphatic rings. The molecule has 6 rings (SSSR count). The van der Waals surface area contributed by atoms with Gasteiger partial charge < -0.3 is 79.2 Å². The van der Waals surface area contributed by atoms with Gasteiger partial charge in [0.25, 0.3) is 0 Å². The first-order valence-corrected chi connectivity index (χ1v) is 16.7. The number of aliphatic hydroxyl groups is 7. The molecule has 2 saturated heterocycles. The van der Waals surface area contributed by atoms with Crippen molar-refractivity contribution in [2.75, 3.05) is 20.3 Å². The number of benzene rings is 3. The maximum Gasteiger partial charge on any atom is 0.331 e. The van der Waals surface area contributed by atoms with E-state index in [1.54, 1.807) is 0 Å². The van der Waals surface area contributed by atoms with E-state index in [9.17, 15) is 60.7 Å². The molecule has 3 heterocycles. The molecule has 10 unspecified atom stereocenters. The number of carbonyl (C=O) groups excluding carboxylic acids is 1. The van der Waals surface area contributed by atoms with Crippen LogP contribution in [0.4, 0.5) is 0 Å². The number of phenols is 3. The number of fused-ring (bicyclic) bond motifs is 1. The Labute approximate surface area is 310 Å². The van der Waals surface area contributed by atoms with Crippen LogP contribution < -0.4 is 14.9 Å². The number of esters is 1. The standard InChI is InChI=1S/C37H38O18/c1-50-22-10-15(2-8-18(22)40)3-9-26(43)55-36-33(48)30(45)24(13-38)53-35(36)28-20(42)12-23-27(31(28)46)19(41)11-21(52-23)16-4-6-17(7-5-16)51-37-34(49)32(47)29(44)25(14-39)54-37/h2-12,24-25,29-30,32-40,42,44-49H,13-14H2,1H3.